The second-order valence-corrected chi connectivity index (χ2v) is 8.55. The number of ether oxygens (including phenoxy) is 1. The van der Waals surface area contributed by atoms with Crippen LogP contribution in [0.1, 0.15) is 53.4 Å². The first-order valence-corrected chi connectivity index (χ1v) is 9.83. The highest BCUT2D eigenvalue weighted by atomic mass is 16.6. The highest BCUT2D eigenvalue weighted by Crippen LogP contribution is 2.18. The lowest BCUT2D eigenvalue weighted by molar-refractivity contribution is -0.128. The number of carbonyl (C=O) groups is 2. The molecule has 0 spiro atoms. The van der Waals surface area contributed by atoms with Gasteiger partial charge in [-0.15, -0.1) is 0 Å². The summed E-state index contributed by atoms with van der Waals surface area (Å²) in [4.78, 5) is 28.1. The van der Waals surface area contributed by atoms with Crippen LogP contribution >= 0.6 is 0 Å². The van der Waals surface area contributed by atoms with Gasteiger partial charge in [-0.05, 0) is 52.4 Å². The molecule has 0 aromatic rings. The van der Waals surface area contributed by atoms with E-state index >= 15 is 0 Å². The Kier molecular flexibility index (Phi) is 7.11. The molecular formula is C20H32N4O3. The van der Waals surface area contributed by atoms with Crippen molar-refractivity contribution in [3.63, 3.8) is 0 Å². The van der Waals surface area contributed by atoms with Gasteiger partial charge in [-0.1, -0.05) is 6.92 Å². The van der Waals surface area contributed by atoms with E-state index in [2.05, 4.69) is 12.2 Å². The molecule has 0 aliphatic carbocycles. The zero-order chi connectivity index (χ0) is 20.0. The van der Waals surface area contributed by atoms with Crippen LogP contribution in [0, 0.1) is 17.2 Å². The van der Waals surface area contributed by atoms with E-state index in [1.807, 2.05) is 26.8 Å². The lowest BCUT2D eigenvalue weighted by Crippen LogP contribution is -2.45. The summed E-state index contributed by atoms with van der Waals surface area (Å²) in [5.41, 5.74) is -0.345. The first-order valence-electron chi connectivity index (χ1n) is 9.83. The molecule has 0 aromatic heterocycles. The number of nitriles is 1. The lowest BCUT2D eigenvalue weighted by atomic mass is 9.99. The van der Waals surface area contributed by atoms with Gasteiger partial charge in [0, 0.05) is 38.4 Å². The Bertz CT molecular complexity index is 602. The number of nitrogens with one attached hydrogen (secondary N) is 1. The molecule has 7 nitrogen and oxygen atoms in total. The van der Waals surface area contributed by atoms with Crippen molar-refractivity contribution in [2.75, 3.05) is 26.2 Å². The number of rotatable bonds is 3. The van der Waals surface area contributed by atoms with Crippen molar-refractivity contribution in [3.8, 4) is 6.07 Å². The average Bonchev–Trinajstić information content (AvgIpc) is 2.61. The van der Waals surface area contributed by atoms with Crippen molar-refractivity contribution in [1.29, 1.82) is 5.26 Å². The fraction of sp³-hybridized carbons (Fsp3) is 0.750. The van der Waals surface area contributed by atoms with Crippen molar-refractivity contribution in [2.45, 2.75) is 65.0 Å². The number of hydrogen-bond donors (Lipinski definition) is 1. The van der Waals surface area contributed by atoms with Gasteiger partial charge in [0.1, 0.15) is 17.2 Å². The van der Waals surface area contributed by atoms with E-state index in [4.69, 9.17) is 4.74 Å². The van der Waals surface area contributed by atoms with E-state index in [0.29, 0.717) is 32.1 Å². The van der Waals surface area contributed by atoms with Gasteiger partial charge >= 0.3 is 6.09 Å². The van der Waals surface area contributed by atoms with E-state index in [9.17, 15) is 14.9 Å². The summed E-state index contributed by atoms with van der Waals surface area (Å²) in [6.07, 6.45) is 4.74. The van der Waals surface area contributed by atoms with Gasteiger partial charge in [-0.25, -0.2) is 4.79 Å². The van der Waals surface area contributed by atoms with Crippen LogP contribution in [-0.2, 0) is 9.53 Å². The van der Waals surface area contributed by atoms with Crippen molar-refractivity contribution >= 4 is 12.0 Å². The van der Waals surface area contributed by atoms with Crippen LogP contribution in [0.4, 0.5) is 4.79 Å². The molecule has 150 valence electrons. The predicted octanol–water partition coefficient (Wildman–Crippen LogP) is 2.64. The standard InChI is InChI=1S/C20H32N4O3/c1-15-5-9-23(10-6-15)18(25)16(13-21)14-22-17-7-11-24(12-8-17)19(26)27-20(2,3)4/h14-15,17,22H,5-12H2,1-4H3/b16-14-. The van der Waals surface area contributed by atoms with Crippen LogP contribution in [0.2, 0.25) is 0 Å². The molecule has 0 aromatic carbocycles. The maximum atomic E-state index is 12.5. The first-order chi connectivity index (χ1) is 12.7. The quantitative estimate of drug-likeness (QED) is 0.604. The van der Waals surface area contributed by atoms with Crippen LogP contribution in [0.5, 0.6) is 0 Å². The Morgan fingerprint density at radius 1 is 1.07 bits per heavy atom. The van der Waals surface area contributed by atoms with Gasteiger partial charge in [-0.3, -0.25) is 4.79 Å². The smallest absolute Gasteiger partial charge is 0.410 e. The number of amides is 2. The summed E-state index contributed by atoms with van der Waals surface area (Å²) in [6, 6.07) is 2.17. The van der Waals surface area contributed by atoms with Crippen LogP contribution in [0.15, 0.2) is 11.8 Å². The van der Waals surface area contributed by atoms with E-state index in [1.165, 1.54) is 0 Å². The minimum absolute atomic E-state index is 0.140. The van der Waals surface area contributed by atoms with Crippen molar-refractivity contribution in [2.24, 2.45) is 5.92 Å². The zero-order valence-corrected chi connectivity index (χ0v) is 17.0. The summed E-state index contributed by atoms with van der Waals surface area (Å²) in [5, 5.41) is 12.6. The molecule has 0 radical (unpaired) electrons. The third-order valence-electron chi connectivity index (χ3n) is 5.03. The molecule has 27 heavy (non-hydrogen) atoms. The van der Waals surface area contributed by atoms with Gasteiger partial charge in [0.25, 0.3) is 5.91 Å². The molecule has 2 heterocycles. The third-order valence-corrected chi connectivity index (χ3v) is 5.03. The molecule has 0 saturated carbocycles. The van der Waals surface area contributed by atoms with Crippen LogP contribution in [0.3, 0.4) is 0 Å². The molecule has 7 heteroatoms. The lowest BCUT2D eigenvalue weighted by Gasteiger charge is -2.33. The number of hydrogen-bond acceptors (Lipinski definition) is 5. The van der Waals surface area contributed by atoms with Gasteiger partial charge in [0.15, 0.2) is 0 Å². The fourth-order valence-corrected chi connectivity index (χ4v) is 3.28. The summed E-state index contributed by atoms with van der Waals surface area (Å²) >= 11 is 0. The molecule has 2 fully saturated rings. The summed E-state index contributed by atoms with van der Waals surface area (Å²) in [5.74, 6) is 0.444. The molecule has 2 aliphatic heterocycles. The van der Waals surface area contributed by atoms with E-state index in [0.717, 1.165) is 25.7 Å². The number of piperidine rings is 2. The number of likely N-dealkylation sites (tertiary alicyclic amines) is 2. The molecule has 1 N–H and O–H groups in total. The molecule has 2 saturated heterocycles. The summed E-state index contributed by atoms with van der Waals surface area (Å²) in [7, 11) is 0. The zero-order valence-electron chi connectivity index (χ0n) is 17.0. The fourth-order valence-electron chi connectivity index (χ4n) is 3.28. The Labute approximate surface area is 162 Å². The van der Waals surface area contributed by atoms with E-state index < -0.39 is 5.60 Å². The second kappa shape index (κ2) is 9.12. The summed E-state index contributed by atoms with van der Waals surface area (Å²) < 4.78 is 5.40. The molecule has 2 amide bonds. The monoisotopic (exact) mass is 376 g/mol. The van der Waals surface area contributed by atoms with Crippen molar-refractivity contribution in [3.05, 3.63) is 11.8 Å². The Morgan fingerprint density at radius 3 is 2.15 bits per heavy atom. The van der Waals surface area contributed by atoms with E-state index in [-0.39, 0.29) is 23.6 Å². The van der Waals surface area contributed by atoms with Crippen LogP contribution < -0.4 is 5.32 Å². The maximum Gasteiger partial charge on any atom is 0.410 e. The largest absolute Gasteiger partial charge is 0.444 e. The van der Waals surface area contributed by atoms with Gasteiger partial charge in [0.05, 0.1) is 0 Å². The Hall–Kier alpha value is -2.23. The van der Waals surface area contributed by atoms with Crippen LogP contribution in [0.25, 0.3) is 0 Å². The predicted molar refractivity (Wildman–Crippen MR) is 103 cm³/mol. The molecule has 0 unspecified atom stereocenters. The number of carbonyl (C=O) groups excluding carboxylic acids is 2. The number of nitrogens with zero attached hydrogens (tertiary/aromatic N) is 3. The molecule has 2 rings (SSSR count). The van der Waals surface area contributed by atoms with E-state index in [1.54, 1.807) is 16.0 Å². The minimum Gasteiger partial charge on any atom is -0.444 e. The molecular weight excluding hydrogens is 344 g/mol. The third kappa shape index (κ3) is 6.46. The molecule has 0 atom stereocenters. The van der Waals surface area contributed by atoms with Crippen LogP contribution in [-0.4, -0.2) is 59.6 Å². The summed E-state index contributed by atoms with van der Waals surface area (Å²) in [6.45, 7) is 10.4. The van der Waals surface area contributed by atoms with Gasteiger partial charge < -0.3 is 19.9 Å². The highest BCUT2D eigenvalue weighted by molar-refractivity contribution is 5.97. The van der Waals surface area contributed by atoms with Gasteiger partial charge in [0.2, 0.25) is 0 Å². The second-order valence-electron chi connectivity index (χ2n) is 8.55. The Morgan fingerprint density at radius 2 is 1.63 bits per heavy atom. The average molecular weight is 377 g/mol. The molecule has 0 bridgehead atoms. The SMILES string of the molecule is CC1CCN(C(=O)/C(C#N)=C\NC2CCN(C(=O)OC(C)(C)C)CC2)CC1. The topological polar surface area (TPSA) is 85.7 Å². The minimum atomic E-state index is -0.497. The molecule has 2 aliphatic rings. The van der Waals surface area contributed by atoms with Gasteiger partial charge in [-0.2, -0.15) is 5.26 Å². The maximum absolute atomic E-state index is 12.5. The highest BCUT2D eigenvalue weighted by Gasteiger charge is 2.27. The normalized spacial score (nSPS) is 20.2. The van der Waals surface area contributed by atoms with Crippen molar-refractivity contribution < 1.29 is 14.3 Å². The Balaban J connectivity index is 1.82. The van der Waals surface area contributed by atoms with Crippen molar-refractivity contribution in [1.82, 2.24) is 15.1 Å². The first kappa shape index (κ1) is 21.1.